The van der Waals surface area contributed by atoms with Crippen LogP contribution < -0.4 is 10.6 Å². The summed E-state index contributed by atoms with van der Waals surface area (Å²) >= 11 is 0. The van der Waals surface area contributed by atoms with Crippen molar-refractivity contribution in [2.45, 2.75) is 51.7 Å². The maximum absolute atomic E-state index is 11.6. The Morgan fingerprint density at radius 2 is 2.07 bits per heavy atom. The first-order valence-electron chi connectivity index (χ1n) is 10.0. The first kappa shape index (κ1) is 24.7. The van der Waals surface area contributed by atoms with Crippen LogP contribution in [0.5, 0.6) is 0 Å². The largest absolute Gasteiger partial charge is 0.357 e. The second-order valence-corrected chi connectivity index (χ2v) is 7.45. The van der Waals surface area contributed by atoms with Gasteiger partial charge in [0, 0.05) is 51.7 Å². The number of hydrogen-bond acceptors (Lipinski definition) is 3. The molecule has 1 heterocycles. The van der Waals surface area contributed by atoms with Gasteiger partial charge < -0.3 is 15.5 Å². The number of aliphatic imine (C=N–C) groups is 1. The van der Waals surface area contributed by atoms with Crippen molar-refractivity contribution in [3.05, 3.63) is 35.9 Å². The first-order valence-corrected chi connectivity index (χ1v) is 10.0. The number of likely N-dealkylation sites (tertiary alicyclic amines) is 1. The second kappa shape index (κ2) is 13.0. The molecule has 2 rings (SSSR count). The summed E-state index contributed by atoms with van der Waals surface area (Å²) in [5.41, 5.74) is 1.33. The van der Waals surface area contributed by atoms with E-state index >= 15 is 0 Å². The number of benzene rings is 1. The molecule has 158 valence electrons. The predicted octanol–water partition coefficient (Wildman–Crippen LogP) is 2.69. The number of amides is 1. The Kier molecular flexibility index (Phi) is 11.4. The van der Waals surface area contributed by atoms with Gasteiger partial charge >= 0.3 is 0 Å². The van der Waals surface area contributed by atoms with Gasteiger partial charge in [-0.2, -0.15) is 0 Å². The number of piperidine rings is 1. The van der Waals surface area contributed by atoms with Crippen LogP contribution in [0.1, 0.15) is 38.7 Å². The predicted molar refractivity (Wildman–Crippen MR) is 127 cm³/mol. The Balaban J connectivity index is 0.00000392. The van der Waals surface area contributed by atoms with Crippen LogP contribution in [0.4, 0.5) is 0 Å². The molecule has 0 radical (unpaired) electrons. The van der Waals surface area contributed by atoms with Gasteiger partial charge in [0.15, 0.2) is 5.96 Å². The maximum atomic E-state index is 11.6. The second-order valence-electron chi connectivity index (χ2n) is 7.45. The number of carbonyl (C=O) groups is 1. The summed E-state index contributed by atoms with van der Waals surface area (Å²) in [6, 6.07) is 11.3. The molecule has 1 aliphatic heterocycles. The normalized spacial score (nSPS) is 18.6. The van der Waals surface area contributed by atoms with E-state index in [0.717, 1.165) is 45.0 Å². The van der Waals surface area contributed by atoms with Crippen molar-refractivity contribution >= 4 is 35.8 Å². The lowest BCUT2D eigenvalue weighted by atomic mass is 10.1. The van der Waals surface area contributed by atoms with Crippen molar-refractivity contribution in [3.63, 3.8) is 0 Å². The zero-order valence-corrected chi connectivity index (χ0v) is 20.0. The van der Waals surface area contributed by atoms with Crippen molar-refractivity contribution in [2.24, 2.45) is 4.99 Å². The Bertz CT molecular complexity index is 610. The standard InChI is InChI=1S/C21H35N5O.HI/c1-5-22-21(24-19-11-12-20(27)26(4)16-19)23-14-13-17(2)25(3)15-18-9-7-6-8-10-18;/h6-10,17,19H,5,11-16H2,1-4H3,(H2,22,23,24);1H. The molecule has 0 saturated carbocycles. The topological polar surface area (TPSA) is 60.0 Å². The quantitative estimate of drug-likeness (QED) is 0.327. The number of halogens is 1. The van der Waals surface area contributed by atoms with Gasteiger partial charge in [-0.15, -0.1) is 24.0 Å². The smallest absolute Gasteiger partial charge is 0.222 e. The van der Waals surface area contributed by atoms with Gasteiger partial charge in [-0.05, 0) is 39.3 Å². The summed E-state index contributed by atoms with van der Waals surface area (Å²) in [6.07, 6.45) is 2.47. The Hall–Kier alpha value is -1.35. The molecule has 0 spiro atoms. The summed E-state index contributed by atoms with van der Waals surface area (Å²) in [5, 5.41) is 6.80. The molecule has 1 aromatic carbocycles. The zero-order valence-electron chi connectivity index (χ0n) is 17.6. The minimum Gasteiger partial charge on any atom is -0.357 e. The summed E-state index contributed by atoms with van der Waals surface area (Å²) < 4.78 is 0. The van der Waals surface area contributed by atoms with Gasteiger partial charge in [-0.25, -0.2) is 0 Å². The first-order chi connectivity index (χ1) is 13.0. The van der Waals surface area contributed by atoms with Crippen molar-refractivity contribution < 1.29 is 4.79 Å². The Morgan fingerprint density at radius 3 is 2.71 bits per heavy atom. The molecule has 1 amide bonds. The van der Waals surface area contributed by atoms with Gasteiger partial charge in [0.05, 0.1) is 0 Å². The molecule has 2 atom stereocenters. The van der Waals surface area contributed by atoms with Crippen LogP contribution in [0, 0.1) is 0 Å². The highest BCUT2D eigenvalue weighted by atomic mass is 127. The molecule has 2 unspecified atom stereocenters. The average Bonchev–Trinajstić information content (AvgIpc) is 2.65. The molecule has 28 heavy (non-hydrogen) atoms. The Morgan fingerprint density at radius 1 is 1.36 bits per heavy atom. The monoisotopic (exact) mass is 501 g/mol. The van der Waals surface area contributed by atoms with Crippen molar-refractivity contribution in [1.29, 1.82) is 0 Å². The van der Waals surface area contributed by atoms with Gasteiger partial charge in [0.25, 0.3) is 0 Å². The molecule has 0 aliphatic carbocycles. The third-order valence-electron chi connectivity index (χ3n) is 5.16. The van der Waals surface area contributed by atoms with Gasteiger partial charge in [0.2, 0.25) is 5.91 Å². The highest BCUT2D eigenvalue weighted by molar-refractivity contribution is 14.0. The minimum atomic E-state index is 0. The van der Waals surface area contributed by atoms with Crippen molar-refractivity contribution in [3.8, 4) is 0 Å². The third-order valence-corrected chi connectivity index (χ3v) is 5.16. The highest BCUT2D eigenvalue weighted by Crippen LogP contribution is 2.10. The van der Waals surface area contributed by atoms with Crippen molar-refractivity contribution in [2.75, 3.05) is 33.7 Å². The van der Waals surface area contributed by atoms with Crippen LogP contribution in [0.3, 0.4) is 0 Å². The van der Waals surface area contributed by atoms with E-state index in [1.807, 2.05) is 7.05 Å². The molecular weight excluding hydrogens is 465 g/mol. The molecule has 0 bridgehead atoms. The van der Waals surface area contributed by atoms with Crippen LogP contribution in [0.25, 0.3) is 0 Å². The van der Waals surface area contributed by atoms with Crippen LogP contribution >= 0.6 is 24.0 Å². The van der Waals surface area contributed by atoms with Crippen LogP contribution in [0.15, 0.2) is 35.3 Å². The molecule has 1 aromatic rings. The van der Waals surface area contributed by atoms with Gasteiger partial charge in [-0.3, -0.25) is 14.7 Å². The van der Waals surface area contributed by atoms with E-state index in [1.165, 1.54) is 5.56 Å². The molecule has 1 aliphatic rings. The highest BCUT2D eigenvalue weighted by Gasteiger charge is 2.23. The minimum absolute atomic E-state index is 0. The van der Waals surface area contributed by atoms with E-state index in [1.54, 1.807) is 4.90 Å². The van der Waals surface area contributed by atoms with E-state index in [2.05, 4.69) is 66.8 Å². The summed E-state index contributed by atoms with van der Waals surface area (Å²) in [7, 11) is 4.03. The fraction of sp³-hybridized carbons (Fsp3) is 0.619. The number of nitrogens with one attached hydrogen (secondary N) is 2. The van der Waals surface area contributed by atoms with E-state index < -0.39 is 0 Å². The lowest BCUT2D eigenvalue weighted by Gasteiger charge is -2.31. The SMILES string of the molecule is CCNC(=NCCC(C)N(C)Cc1ccccc1)NC1CCC(=O)N(C)C1.I. The summed E-state index contributed by atoms with van der Waals surface area (Å²) in [6.45, 7) is 7.62. The van der Waals surface area contributed by atoms with E-state index in [-0.39, 0.29) is 35.9 Å². The van der Waals surface area contributed by atoms with Gasteiger partial charge in [0.1, 0.15) is 0 Å². The summed E-state index contributed by atoms with van der Waals surface area (Å²) in [4.78, 5) is 20.6. The number of hydrogen-bond donors (Lipinski definition) is 2. The van der Waals surface area contributed by atoms with Gasteiger partial charge in [-0.1, -0.05) is 30.3 Å². The average molecular weight is 501 g/mol. The number of rotatable bonds is 8. The van der Waals surface area contributed by atoms with Crippen LogP contribution in [-0.4, -0.2) is 67.5 Å². The maximum Gasteiger partial charge on any atom is 0.222 e. The fourth-order valence-electron chi connectivity index (χ4n) is 3.25. The van der Waals surface area contributed by atoms with E-state index in [0.29, 0.717) is 12.5 Å². The molecular formula is C21H36IN5O. The lowest BCUT2D eigenvalue weighted by molar-refractivity contribution is -0.132. The third kappa shape index (κ3) is 8.34. The molecule has 6 nitrogen and oxygen atoms in total. The molecule has 1 fully saturated rings. The fourth-order valence-corrected chi connectivity index (χ4v) is 3.25. The lowest BCUT2D eigenvalue weighted by Crippen LogP contribution is -2.51. The van der Waals surface area contributed by atoms with E-state index in [9.17, 15) is 4.79 Å². The number of nitrogens with zero attached hydrogens (tertiary/aromatic N) is 3. The number of carbonyl (C=O) groups excluding carboxylic acids is 1. The zero-order chi connectivity index (χ0) is 19.6. The Labute approximate surface area is 187 Å². The van der Waals surface area contributed by atoms with Crippen LogP contribution in [0.2, 0.25) is 0 Å². The van der Waals surface area contributed by atoms with Crippen molar-refractivity contribution in [1.82, 2.24) is 20.4 Å². The van der Waals surface area contributed by atoms with Crippen LogP contribution in [-0.2, 0) is 11.3 Å². The number of likely N-dealkylation sites (N-methyl/N-ethyl adjacent to an activating group) is 1. The molecule has 7 heteroatoms. The molecule has 2 N–H and O–H groups in total. The number of guanidine groups is 1. The van der Waals surface area contributed by atoms with E-state index in [4.69, 9.17) is 4.99 Å². The molecule has 0 aromatic heterocycles. The summed E-state index contributed by atoms with van der Waals surface area (Å²) in [5.74, 6) is 1.08. The molecule has 1 saturated heterocycles.